The molecule has 23 heavy (non-hydrogen) atoms. The number of nitrogens with zero attached hydrogens (tertiary/aromatic N) is 2. The van der Waals surface area contributed by atoms with Gasteiger partial charge in [-0.3, -0.25) is 9.59 Å². The first kappa shape index (κ1) is 15.4. The Hall–Kier alpha value is -2.47. The standard InChI is InChI=1S/C17H17N3O2S/c21-15(16-6-3-11-23-16)7-8-17(22)18-9-10-20-12-19-13-4-1-2-5-14(13)20/h1-6,11-12H,7-10H2,(H,18,22). The topological polar surface area (TPSA) is 64.0 Å². The van der Waals surface area contributed by atoms with Crippen LogP contribution < -0.4 is 5.32 Å². The number of Topliss-reactive ketones (excluding diaryl/α,β-unsaturated/α-hetero) is 1. The lowest BCUT2D eigenvalue weighted by molar-refractivity contribution is -0.121. The average molecular weight is 327 g/mol. The number of fused-ring (bicyclic) bond motifs is 1. The van der Waals surface area contributed by atoms with Crippen LogP contribution in [0.4, 0.5) is 0 Å². The molecule has 0 bridgehead atoms. The maximum Gasteiger partial charge on any atom is 0.220 e. The van der Waals surface area contributed by atoms with Gasteiger partial charge in [-0.1, -0.05) is 18.2 Å². The Kier molecular flexibility index (Phi) is 4.83. The summed E-state index contributed by atoms with van der Waals surface area (Å²) in [7, 11) is 0. The molecule has 0 spiro atoms. The van der Waals surface area contributed by atoms with Crippen molar-refractivity contribution in [3.8, 4) is 0 Å². The van der Waals surface area contributed by atoms with Gasteiger partial charge >= 0.3 is 0 Å². The molecule has 5 nitrogen and oxygen atoms in total. The minimum Gasteiger partial charge on any atom is -0.354 e. The van der Waals surface area contributed by atoms with E-state index in [-0.39, 0.29) is 24.5 Å². The summed E-state index contributed by atoms with van der Waals surface area (Å²) in [6.45, 7) is 1.18. The summed E-state index contributed by atoms with van der Waals surface area (Å²) in [6, 6.07) is 11.5. The molecule has 0 atom stereocenters. The second-order valence-corrected chi connectivity index (χ2v) is 6.12. The van der Waals surface area contributed by atoms with Gasteiger partial charge in [0.2, 0.25) is 5.91 Å². The van der Waals surface area contributed by atoms with Gasteiger partial charge in [-0.05, 0) is 23.6 Å². The minimum atomic E-state index is -0.0978. The lowest BCUT2D eigenvalue weighted by Gasteiger charge is -2.06. The van der Waals surface area contributed by atoms with E-state index in [9.17, 15) is 9.59 Å². The van der Waals surface area contributed by atoms with Gasteiger partial charge in [0.25, 0.3) is 0 Å². The molecule has 0 saturated carbocycles. The average Bonchev–Trinajstić information content (AvgIpc) is 3.23. The zero-order chi connectivity index (χ0) is 16.1. The van der Waals surface area contributed by atoms with Gasteiger partial charge in [-0.25, -0.2) is 4.98 Å². The van der Waals surface area contributed by atoms with Crippen LogP contribution in [0.5, 0.6) is 0 Å². The van der Waals surface area contributed by atoms with Crippen molar-refractivity contribution in [3.63, 3.8) is 0 Å². The molecule has 3 rings (SSSR count). The zero-order valence-corrected chi connectivity index (χ0v) is 13.4. The molecule has 1 amide bonds. The number of hydrogen-bond donors (Lipinski definition) is 1. The predicted octanol–water partition coefficient (Wildman–Crippen LogP) is 2.88. The molecule has 118 valence electrons. The predicted molar refractivity (Wildman–Crippen MR) is 90.6 cm³/mol. The van der Waals surface area contributed by atoms with Crippen LogP contribution in [0.2, 0.25) is 0 Å². The molecule has 0 aliphatic carbocycles. The lowest BCUT2D eigenvalue weighted by Crippen LogP contribution is -2.27. The molecule has 0 aliphatic heterocycles. The Balaban J connectivity index is 1.43. The first-order chi connectivity index (χ1) is 11.2. The van der Waals surface area contributed by atoms with E-state index in [2.05, 4.69) is 10.3 Å². The summed E-state index contributed by atoms with van der Waals surface area (Å²) in [6.07, 6.45) is 2.25. The third-order valence-electron chi connectivity index (χ3n) is 3.58. The van der Waals surface area contributed by atoms with Crippen LogP contribution in [0.15, 0.2) is 48.1 Å². The number of benzene rings is 1. The van der Waals surface area contributed by atoms with Crippen molar-refractivity contribution in [2.45, 2.75) is 19.4 Å². The molecule has 0 saturated heterocycles. The van der Waals surface area contributed by atoms with E-state index in [0.717, 1.165) is 11.0 Å². The highest BCUT2D eigenvalue weighted by molar-refractivity contribution is 7.12. The molecule has 0 unspecified atom stereocenters. The highest BCUT2D eigenvalue weighted by atomic mass is 32.1. The highest BCUT2D eigenvalue weighted by Gasteiger charge is 2.10. The third kappa shape index (κ3) is 3.84. The molecule has 1 N–H and O–H groups in total. The van der Waals surface area contributed by atoms with Gasteiger partial charge in [-0.2, -0.15) is 0 Å². The Labute approximate surface area is 138 Å². The molecular weight excluding hydrogens is 310 g/mol. The summed E-state index contributed by atoms with van der Waals surface area (Å²) < 4.78 is 2.01. The summed E-state index contributed by atoms with van der Waals surface area (Å²) >= 11 is 1.41. The van der Waals surface area contributed by atoms with E-state index in [1.165, 1.54) is 11.3 Å². The number of imidazole rings is 1. The number of aromatic nitrogens is 2. The van der Waals surface area contributed by atoms with Gasteiger partial charge in [0.05, 0.1) is 22.2 Å². The number of ketones is 1. The summed E-state index contributed by atoms with van der Waals surface area (Å²) in [5.41, 5.74) is 2.00. The quantitative estimate of drug-likeness (QED) is 0.679. The van der Waals surface area contributed by atoms with Crippen molar-refractivity contribution in [1.82, 2.24) is 14.9 Å². The molecule has 0 aliphatic rings. The Morgan fingerprint density at radius 1 is 1.13 bits per heavy atom. The van der Waals surface area contributed by atoms with Crippen molar-refractivity contribution in [1.29, 1.82) is 0 Å². The smallest absolute Gasteiger partial charge is 0.220 e. The number of amides is 1. The van der Waals surface area contributed by atoms with Gasteiger partial charge in [0.1, 0.15) is 0 Å². The fraction of sp³-hybridized carbons (Fsp3) is 0.235. The fourth-order valence-electron chi connectivity index (χ4n) is 2.38. The van der Waals surface area contributed by atoms with Crippen molar-refractivity contribution < 1.29 is 9.59 Å². The highest BCUT2D eigenvalue weighted by Crippen LogP contribution is 2.12. The van der Waals surface area contributed by atoms with Crippen LogP contribution in [0.25, 0.3) is 11.0 Å². The lowest BCUT2D eigenvalue weighted by atomic mass is 10.2. The van der Waals surface area contributed by atoms with Crippen LogP contribution in [0, 0.1) is 0 Å². The number of rotatable bonds is 7. The monoisotopic (exact) mass is 327 g/mol. The Morgan fingerprint density at radius 2 is 2.00 bits per heavy atom. The number of carbonyl (C=O) groups is 2. The third-order valence-corrected chi connectivity index (χ3v) is 4.49. The van der Waals surface area contributed by atoms with E-state index >= 15 is 0 Å². The summed E-state index contributed by atoms with van der Waals surface area (Å²) in [5.74, 6) is -0.0740. The van der Waals surface area contributed by atoms with Crippen molar-refractivity contribution in [2.24, 2.45) is 0 Å². The zero-order valence-electron chi connectivity index (χ0n) is 12.6. The SMILES string of the molecule is O=C(CCC(=O)c1cccs1)NCCn1cnc2ccccc21. The fourth-order valence-corrected chi connectivity index (χ4v) is 3.07. The molecular formula is C17H17N3O2S. The molecule has 2 heterocycles. The van der Waals surface area contributed by atoms with Gasteiger partial charge < -0.3 is 9.88 Å². The normalized spacial score (nSPS) is 10.8. The second kappa shape index (κ2) is 7.19. The van der Waals surface area contributed by atoms with Crippen LogP contribution in [-0.2, 0) is 11.3 Å². The molecule has 0 fully saturated rings. The molecule has 2 aromatic heterocycles. The number of thiophene rings is 1. The first-order valence-electron chi connectivity index (χ1n) is 7.47. The van der Waals surface area contributed by atoms with Crippen LogP contribution in [-0.4, -0.2) is 27.8 Å². The van der Waals surface area contributed by atoms with E-state index in [0.29, 0.717) is 18.0 Å². The molecule has 6 heteroatoms. The minimum absolute atomic E-state index is 0.0238. The summed E-state index contributed by atoms with van der Waals surface area (Å²) in [4.78, 5) is 28.7. The van der Waals surface area contributed by atoms with Crippen LogP contribution in [0.1, 0.15) is 22.5 Å². The van der Waals surface area contributed by atoms with E-state index in [1.54, 1.807) is 12.4 Å². The Bertz CT molecular complexity index is 808. The molecule has 1 aromatic carbocycles. The molecule has 0 radical (unpaired) electrons. The maximum atomic E-state index is 11.8. The van der Waals surface area contributed by atoms with E-state index < -0.39 is 0 Å². The summed E-state index contributed by atoms with van der Waals surface area (Å²) in [5, 5.41) is 4.71. The second-order valence-electron chi connectivity index (χ2n) is 5.18. The maximum absolute atomic E-state index is 11.8. The number of hydrogen-bond acceptors (Lipinski definition) is 4. The Morgan fingerprint density at radius 3 is 2.83 bits per heavy atom. The van der Waals surface area contributed by atoms with Gasteiger partial charge in [0, 0.05) is 25.9 Å². The van der Waals surface area contributed by atoms with Crippen LogP contribution >= 0.6 is 11.3 Å². The van der Waals surface area contributed by atoms with E-state index in [4.69, 9.17) is 0 Å². The number of para-hydroxylation sites is 2. The number of carbonyl (C=O) groups excluding carboxylic acids is 2. The number of nitrogens with one attached hydrogen (secondary N) is 1. The van der Waals surface area contributed by atoms with E-state index in [1.807, 2.05) is 40.3 Å². The van der Waals surface area contributed by atoms with Crippen molar-refractivity contribution in [3.05, 3.63) is 53.0 Å². The van der Waals surface area contributed by atoms with Gasteiger partial charge in [-0.15, -0.1) is 11.3 Å². The largest absolute Gasteiger partial charge is 0.354 e. The molecule has 3 aromatic rings. The first-order valence-corrected chi connectivity index (χ1v) is 8.35. The van der Waals surface area contributed by atoms with Crippen molar-refractivity contribution >= 4 is 34.1 Å². The van der Waals surface area contributed by atoms with Crippen LogP contribution in [0.3, 0.4) is 0 Å². The van der Waals surface area contributed by atoms with Gasteiger partial charge in [0.15, 0.2) is 5.78 Å². The van der Waals surface area contributed by atoms with Crippen molar-refractivity contribution in [2.75, 3.05) is 6.54 Å².